The summed E-state index contributed by atoms with van der Waals surface area (Å²) in [6.45, 7) is 1.48. The lowest BCUT2D eigenvalue weighted by Gasteiger charge is -2.40. The summed E-state index contributed by atoms with van der Waals surface area (Å²) < 4.78 is 31.8. The smallest absolute Gasteiger partial charge is 0.342 e. The third kappa shape index (κ3) is 2.69. The molecule has 0 saturated heterocycles. The first-order chi connectivity index (χ1) is 9.44. The van der Waals surface area contributed by atoms with Crippen molar-refractivity contribution in [3.63, 3.8) is 0 Å². The molecule has 1 fully saturated rings. The first-order valence-electron chi connectivity index (χ1n) is 6.29. The zero-order valence-electron chi connectivity index (χ0n) is 11.0. The lowest BCUT2D eigenvalue weighted by Crippen LogP contribution is -2.56. The Morgan fingerprint density at radius 1 is 1.60 bits per heavy atom. The zero-order chi connectivity index (χ0) is 14.8. The van der Waals surface area contributed by atoms with Crippen molar-refractivity contribution in [3.8, 4) is 0 Å². The molecule has 0 amide bonds. The molecule has 112 valence electrons. The maximum Gasteiger partial charge on any atom is 0.342 e. The Balaban J connectivity index is 2.26. The number of rotatable bonds is 6. The fourth-order valence-corrected chi connectivity index (χ4v) is 3.60. The van der Waals surface area contributed by atoms with Gasteiger partial charge in [0.15, 0.2) is 5.03 Å². The van der Waals surface area contributed by atoms with Gasteiger partial charge in [0.05, 0.1) is 24.9 Å². The average Bonchev–Trinajstić information content (AvgIpc) is 2.84. The number of aliphatic hydroxyl groups is 1. The summed E-state index contributed by atoms with van der Waals surface area (Å²) in [5.41, 5.74) is -0.984. The summed E-state index contributed by atoms with van der Waals surface area (Å²) in [5.74, 6) is -0.756. The van der Waals surface area contributed by atoms with Gasteiger partial charge in [0.2, 0.25) is 0 Å². The highest BCUT2D eigenvalue weighted by molar-refractivity contribution is 7.89. The molecule has 1 saturated carbocycles. The Hall–Kier alpha value is -1.45. The Labute approximate surface area is 116 Å². The number of esters is 1. The number of sulfonamides is 1. The molecular weight excluding hydrogens is 286 g/mol. The summed E-state index contributed by atoms with van der Waals surface area (Å²) in [6, 6.07) is 0. The van der Waals surface area contributed by atoms with Gasteiger partial charge in [-0.15, -0.1) is 0 Å². The third-order valence-electron chi connectivity index (χ3n) is 3.33. The van der Waals surface area contributed by atoms with Crippen LogP contribution in [0.5, 0.6) is 0 Å². The van der Waals surface area contributed by atoms with Gasteiger partial charge >= 0.3 is 5.97 Å². The number of carbonyl (C=O) groups excluding carboxylic acids is 1. The second kappa shape index (κ2) is 5.51. The van der Waals surface area contributed by atoms with Gasteiger partial charge in [-0.25, -0.2) is 17.9 Å². The molecule has 0 atom stereocenters. The van der Waals surface area contributed by atoms with Crippen LogP contribution in [0.2, 0.25) is 0 Å². The first-order valence-corrected chi connectivity index (χ1v) is 7.78. The second-order valence-electron chi connectivity index (χ2n) is 4.73. The van der Waals surface area contributed by atoms with Gasteiger partial charge in [0.25, 0.3) is 10.0 Å². The number of aliphatic hydroxyl groups excluding tert-OH is 1. The van der Waals surface area contributed by atoms with E-state index in [1.54, 1.807) is 6.92 Å². The quantitative estimate of drug-likeness (QED) is 0.625. The average molecular weight is 303 g/mol. The van der Waals surface area contributed by atoms with Crippen molar-refractivity contribution in [1.29, 1.82) is 0 Å². The molecule has 1 heterocycles. The number of carbonyl (C=O) groups is 1. The highest BCUT2D eigenvalue weighted by Crippen LogP contribution is 2.33. The van der Waals surface area contributed by atoms with E-state index in [0.29, 0.717) is 12.8 Å². The Kier molecular flexibility index (Phi) is 4.11. The van der Waals surface area contributed by atoms with Crippen LogP contribution in [0.1, 0.15) is 36.5 Å². The van der Waals surface area contributed by atoms with Crippen LogP contribution in [-0.4, -0.2) is 48.4 Å². The van der Waals surface area contributed by atoms with Crippen molar-refractivity contribution in [2.75, 3.05) is 13.2 Å². The van der Waals surface area contributed by atoms with E-state index >= 15 is 0 Å². The molecule has 0 aliphatic heterocycles. The van der Waals surface area contributed by atoms with Crippen LogP contribution in [0.25, 0.3) is 0 Å². The minimum Gasteiger partial charge on any atom is -0.462 e. The molecule has 9 heteroatoms. The molecule has 1 aliphatic carbocycles. The van der Waals surface area contributed by atoms with Crippen LogP contribution in [-0.2, 0) is 14.8 Å². The molecular formula is C11H17N3O5S. The maximum atomic E-state index is 12.3. The minimum atomic E-state index is -3.97. The number of hydrogen-bond acceptors (Lipinski definition) is 6. The van der Waals surface area contributed by atoms with Gasteiger partial charge < -0.3 is 9.84 Å². The van der Waals surface area contributed by atoms with Crippen molar-refractivity contribution < 1.29 is 23.1 Å². The van der Waals surface area contributed by atoms with Crippen molar-refractivity contribution >= 4 is 16.0 Å². The van der Waals surface area contributed by atoms with Crippen LogP contribution in [0.4, 0.5) is 0 Å². The summed E-state index contributed by atoms with van der Waals surface area (Å²) in [7, 11) is -3.97. The van der Waals surface area contributed by atoms with E-state index in [9.17, 15) is 18.3 Å². The molecule has 1 aromatic heterocycles. The van der Waals surface area contributed by atoms with Crippen LogP contribution in [0.15, 0.2) is 11.2 Å². The van der Waals surface area contributed by atoms with E-state index in [1.807, 2.05) is 0 Å². The third-order valence-corrected chi connectivity index (χ3v) is 4.88. The van der Waals surface area contributed by atoms with Crippen LogP contribution in [0, 0.1) is 0 Å². The highest BCUT2D eigenvalue weighted by Gasteiger charge is 2.41. The fourth-order valence-electron chi connectivity index (χ4n) is 2.07. The monoisotopic (exact) mass is 303 g/mol. The van der Waals surface area contributed by atoms with Crippen molar-refractivity contribution in [3.05, 3.63) is 11.8 Å². The topological polar surface area (TPSA) is 121 Å². The summed E-state index contributed by atoms with van der Waals surface area (Å²) in [4.78, 5) is 11.7. The number of ether oxygens (including phenoxy) is 1. The normalized spacial score (nSPS) is 17.5. The van der Waals surface area contributed by atoms with Gasteiger partial charge in [0, 0.05) is 0 Å². The Morgan fingerprint density at radius 3 is 2.80 bits per heavy atom. The van der Waals surface area contributed by atoms with Crippen LogP contribution >= 0.6 is 0 Å². The van der Waals surface area contributed by atoms with Gasteiger partial charge in [-0.2, -0.15) is 5.10 Å². The van der Waals surface area contributed by atoms with E-state index < -0.39 is 21.5 Å². The van der Waals surface area contributed by atoms with Crippen LogP contribution < -0.4 is 4.72 Å². The molecule has 0 spiro atoms. The van der Waals surface area contributed by atoms with E-state index in [1.165, 1.54) is 0 Å². The predicted octanol–water partition coefficient (Wildman–Crippen LogP) is -0.220. The van der Waals surface area contributed by atoms with E-state index in [-0.39, 0.29) is 23.8 Å². The van der Waals surface area contributed by atoms with E-state index in [4.69, 9.17) is 4.74 Å². The molecule has 0 aromatic carbocycles. The number of H-pyrrole nitrogens is 1. The van der Waals surface area contributed by atoms with E-state index in [0.717, 1.165) is 12.6 Å². The SMILES string of the molecule is CCOC(=O)c1cn[nH]c1S(=O)(=O)NC1(CO)CCC1. The standard InChI is InChI=1S/C11H17N3O5S/c1-2-19-10(16)8-6-12-13-9(8)20(17,18)14-11(7-15)4-3-5-11/h6,14-15H,2-5,7H2,1H3,(H,12,13). The molecule has 0 bridgehead atoms. The number of hydrogen-bond donors (Lipinski definition) is 3. The van der Waals surface area contributed by atoms with Crippen molar-refractivity contribution in [1.82, 2.24) is 14.9 Å². The van der Waals surface area contributed by atoms with E-state index in [2.05, 4.69) is 14.9 Å². The number of nitrogens with zero attached hydrogens (tertiary/aromatic N) is 1. The Bertz CT molecular complexity index is 585. The number of nitrogens with one attached hydrogen (secondary N) is 2. The summed E-state index contributed by atoms with van der Waals surface area (Å²) in [6.07, 6.45) is 3.08. The lowest BCUT2D eigenvalue weighted by molar-refractivity contribution is 0.0521. The lowest BCUT2D eigenvalue weighted by atomic mass is 9.78. The van der Waals surface area contributed by atoms with Crippen molar-refractivity contribution in [2.45, 2.75) is 36.8 Å². The van der Waals surface area contributed by atoms with Crippen molar-refractivity contribution in [2.24, 2.45) is 0 Å². The van der Waals surface area contributed by atoms with Gasteiger partial charge in [0.1, 0.15) is 5.56 Å². The molecule has 1 aromatic rings. The Morgan fingerprint density at radius 2 is 2.30 bits per heavy atom. The minimum absolute atomic E-state index is 0.136. The molecule has 20 heavy (non-hydrogen) atoms. The van der Waals surface area contributed by atoms with Gasteiger partial charge in [-0.1, -0.05) is 0 Å². The maximum absolute atomic E-state index is 12.3. The molecule has 0 unspecified atom stereocenters. The van der Waals surface area contributed by atoms with Crippen LogP contribution in [0.3, 0.4) is 0 Å². The molecule has 1 aliphatic rings. The number of aromatic nitrogens is 2. The molecule has 0 radical (unpaired) electrons. The molecule has 2 rings (SSSR count). The largest absolute Gasteiger partial charge is 0.462 e. The predicted molar refractivity (Wildman–Crippen MR) is 68.5 cm³/mol. The molecule has 8 nitrogen and oxygen atoms in total. The number of aromatic amines is 1. The summed E-state index contributed by atoms with van der Waals surface area (Å²) >= 11 is 0. The molecule has 3 N–H and O–H groups in total. The summed E-state index contributed by atoms with van der Waals surface area (Å²) in [5, 5.41) is 14.9. The second-order valence-corrected chi connectivity index (χ2v) is 6.35. The zero-order valence-corrected chi connectivity index (χ0v) is 11.9. The van der Waals surface area contributed by atoms with Gasteiger partial charge in [-0.05, 0) is 26.2 Å². The fraction of sp³-hybridized carbons (Fsp3) is 0.636. The highest BCUT2D eigenvalue weighted by atomic mass is 32.2. The van der Waals surface area contributed by atoms with Gasteiger partial charge in [-0.3, -0.25) is 5.10 Å². The first kappa shape index (κ1) is 14.9.